The molecule has 0 aliphatic carbocycles. The van der Waals surface area contributed by atoms with Crippen LogP contribution in [0.2, 0.25) is 0 Å². The number of hydrogen-bond acceptors (Lipinski definition) is 5. The predicted octanol–water partition coefficient (Wildman–Crippen LogP) is 2.37. The minimum Gasteiger partial charge on any atom is -0.329 e. The van der Waals surface area contributed by atoms with Gasteiger partial charge in [0.2, 0.25) is 9.84 Å². The van der Waals surface area contributed by atoms with Crippen LogP contribution in [0, 0.1) is 0 Å². The van der Waals surface area contributed by atoms with E-state index in [-0.39, 0.29) is 5.16 Å². The maximum Gasteiger partial charge on any atom is 0.345 e. The Kier molecular flexibility index (Phi) is 4.85. The third kappa shape index (κ3) is 3.36. The molecule has 1 amide bonds. The molecule has 0 fully saturated rings. The Balaban J connectivity index is 2.10. The lowest BCUT2D eigenvalue weighted by molar-refractivity contribution is 0.215. The van der Waals surface area contributed by atoms with Gasteiger partial charge >= 0.3 is 6.03 Å². The van der Waals surface area contributed by atoms with Gasteiger partial charge in [-0.05, 0) is 11.1 Å². The zero-order valence-corrected chi connectivity index (χ0v) is 15.2. The Morgan fingerprint density at radius 1 is 0.962 bits per heavy atom. The fourth-order valence-corrected chi connectivity index (χ4v) is 4.22. The fraction of sp³-hybridized carbons (Fsp3) is 0.167. The SMILES string of the molecule is CN(C)C(=O)n1cnc(S(=O)(=O)C(c2ccccc2)c2ccccc2)n1. The van der Waals surface area contributed by atoms with E-state index in [1.165, 1.54) is 4.90 Å². The molecule has 0 bridgehead atoms. The Morgan fingerprint density at radius 2 is 1.46 bits per heavy atom. The van der Waals surface area contributed by atoms with Crippen LogP contribution in [0.15, 0.2) is 72.1 Å². The van der Waals surface area contributed by atoms with E-state index < -0.39 is 21.1 Å². The highest BCUT2D eigenvalue weighted by molar-refractivity contribution is 7.91. The molecule has 0 spiro atoms. The molecule has 2 aromatic carbocycles. The van der Waals surface area contributed by atoms with E-state index >= 15 is 0 Å². The average Bonchev–Trinajstić information content (AvgIpc) is 3.14. The molecule has 0 atom stereocenters. The number of sulfone groups is 1. The van der Waals surface area contributed by atoms with E-state index in [1.807, 2.05) is 12.1 Å². The van der Waals surface area contributed by atoms with Crippen LogP contribution in [0.5, 0.6) is 0 Å². The van der Waals surface area contributed by atoms with Gasteiger partial charge in [-0.2, -0.15) is 4.68 Å². The van der Waals surface area contributed by atoms with Gasteiger partial charge in [0.1, 0.15) is 11.6 Å². The number of carbonyl (C=O) groups is 1. The van der Waals surface area contributed by atoms with E-state index in [9.17, 15) is 13.2 Å². The molecule has 7 nitrogen and oxygen atoms in total. The highest BCUT2D eigenvalue weighted by Crippen LogP contribution is 2.33. The van der Waals surface area contributed by atoms with Crippen molar-refractivity contribution in [3.63, 3.8) is 0 Å². The topological polar surface area (TPSA) is 85.2 Å². The summed E-state index contributed by atoms with van der Waals surface area (Å²) >= 11 is 0. The maximum atomic E-state index is 13.3. The Hall–Kier alpha value is -3.00. The first-order valence-corrected chi connectivity index (χ1v) is 9.43. The summed E-state index contributed by atoms with van der Waals surface area (Å²) in [6.07, 6.45) is 1.11. The Morgan fingerprint density at radius 3 is 1.92 bits per heavy atom. The van der Waals surface area contributed by atoms with Crippen LogP contribution >= 0.6 is 0 Å². The van der Waals surface area contributed by atoms with E-state index in [0.29, 0.717) is 11.1 Å². The van der Waals surface area contributed by atoms with Crippen LogP contribution in [0.4, 0.5) is 4.79 Å². The van der Waals surface area contributed by atoms with Gasteiger partial charge in [0, 0.05) is 14.1 Å². The summed E-state index contributed by atoms with van der Waals surface area (Å²) in [5.74, 6) is 0. The summed E-state index contributed by atoms with van der Waals surface area (Å²) in [6, 6.07) is 17.3. The zero-order valence-electron chi connectivity index (χ0n) is 14.4. The molecule has 26 heavy (non-hydrogen) atoms. The lowest BCUT2D eigenvalue weighted by Gasteiger charge is -2.17. The van der Waals surface area contributed by atoms with Gasteiger partial charge < -0.3 is 4.90 Å². The van der Waals surface area contributed by atoms with Gasteiger partial charge in [-0.25, -0.2) is 18.2 Å². The predicted molar refractivity (Wildman–Crippen MR) is 96.4 cm³/mol. The molecule has 0 aliphatic heterocycles. The van der Waals surface area contributed by atoms with Crippen molar-refractivity contribution in [1.82, 2.24) is 19.7 Å². The quantitative estimate of drug-likeness (QED) is 0.704. The van der Waals surface area contributed by atoms with Crippen LogP contribution in [0.25, 0.3) is 0 Å². The molecule has 134 valence electrons. The van der Waals surface area contributed by atoms with E-state index in [4.69, 9.17) is 0 Å². The van der Waals surface area contributed by atoms with E-state index in [0.717, 1.165) is 11.0 Å². The standard InChI is InChI=1S/C18H18N4O3S/c1-21(2)18(23)22-13-19-17(20-22)26(24,25)16(14-9-5-3-6-10-14)15-11-7-4-8-12-15/h3-13,16H,1-2H3. The molecule has 0 saturated heterocycles. The van der Waals surface area contributed by atoms with Gasteiger partial charge in [0.05, 0.1) is 0 Å². The molecule has 0 aliphatic rings. The summed E-state index contributed by atoms with van der Waals surface area (Å²) in [6.45, 7) is 0. The number of aromatic nitrogens is 3. The third-order valence-corrected chi connectivity index (χ3v) is 5.68. The molecule has 1 heterocycles. The zero-order chi connectivity index (χ0) is 18.7. The molecule has 8 heteroatoms. The lowest BCUT2D eigenvalue weighted by Crippen LogP contribution is -2.28. The monoisotopic (exact) mass is 370 g/mol. The van der Waals surface area contributed by atoms with Crippen molar-refractivity contribution in [1.29, 1.82) is 0 Å². The van der Waals surface area contributed by atoms with Gasteiger partial charge in [-0.1, -0.05) is 60.7 Å². The van der Waals surface area contributed by atoms with Crippen LogP contribution in [-0.4, -0.2) is 48.2 Å². The lowest BCUT2D eigenvalue weighted by atomic mass is 10.0. The molecule has 0 unspecified atom stereocenters. The summed E-state index contributed by atoms with van der Waals surface area (Å²) in [7, 11) is -0.858. The maximum absolute atomic E-state index is 13.3. The molecule has 1 aromatic heterocycles. The highest BCUT2D eigenvalue weighted by Gasteiger charge is 2.34. The normalized spacial score (nSPS) is 11.5. The largest absolute Gasteiger partial charge is 0.345 e. The van der Waals surface area contributed by atoms with Crippen LogP contribution in [0.1, 0.15) is 16.4 Å². The minimum absolute atomic E-state index is 0.384. The number of amides is 1. The van der Waals surface area contributed by atoms with Crippen LogP contribution in [-0.2, 0) is 9.84 Å². The summed E-state index contributed by atoms with van der Waals surface area (Å²) < 4.78 is 27.5. The second-order valence-electron chi connectivity index (χ2n) is 5.90. The first-order valence-electron chi connectivity index (χ1n) is 7.88. The summed E-state index contributed by atoms with van der Waals surface area (Å²) in [4.78, 5) is 17.2. The smallest absolute Gasteiger partial charge is 0.329 e. The first kappa shape index (κ1) is 17.8. The van der Waals surface area contributed by atoms with Gasteiger partial charge in [-0.15, -0.1) is 5.10 Å². The van der Waals surface area contributed by atoms with Gasteiger partial charge in [0.25, 0.3) is 5.16 Å². The van der Waals surface area contributed by atoms with Crippen LogP contribution in [0.3, 0.4) is 0 Å². The molecule has 0 radical (unpaired) electrons. The van der Waals surface area contributed by atoms with Crippen molar-refractivity contribution in [2.24, 2.45) is 0 Å². The second kappa shape index (κ2) is 7.09. The average molecular weight is 370 g/mol. The number of nitrogens with zero attached hydrogens (tertiary/aromatic N) is 4. The Bertz CT molecular complexity index is 960. The molecule has 3 rings (SSSR count). The van der Waals surface area contributed by atoms with Gasteiger partial charge in [0.15, 0.2) is 0 Å². The van der Waals surface area contributed by atoms with Crippen molar-refractivity contribution in [2.75, 3.05) is 14.1 Å². The minimum atomic E-state index is -3.96. The van der Waals surface area contributed by atoms with Crippen molar-refractivity contribution in [3.8, 4) is 0 Å². The van der Waals surface area contributed by atoms with Crippen molar-refractivity contribution in [3.05, 3.63) is 78.1 Å². The number of rotatable bonds is 4. The molecule has 0 N–H and O–H groups in total. The van der Waals surface area contributed by atoms with Gasteiger partial charge in [-0.3, -0.25) is 0 Å². The third-order valence-electron chi connectivity index (χ3n) is 3.82. The Labute approximate surface area is 151 Å². The molecular weight excluding hydrogens is 352 g/mol. The first-order chi connectivity index (χ1) is 12.4. The van der Waals surface area contributed by atoms with E-state index in [1.54, 1.807) is 62.6 Å². The van der Waals surface area contributed by atoms with E-state index in [2.05, 4.69) is 10.1 Å². The van der Waals surface area contributed by atoms with Crippen molar-refractivity contribution < 1.29 is 13.2 Å². The molecular formula is C18H18N4O3S. The number of benzene rings is 2. The number of hydrogen-bond donors (Lipinski definition) is 0. The second-order valence-corrected chi connectivity index (χ2v) is 7.82. The molecule has 3 aromatic rings. The van der Waals surface area contributed by atoms with Crippen LogP contribution < -0.4 is 0 Å². The van der Waals surface area contributed by atoms with Crippen molar-refractivity contribution in [2.45, 2.75) is 10.4 Å². The summed E-state index contributed by atoms with van der Waals surface area (Å²) in [5, 5.41) is 2.55. The molecule has 0 saturated carbocycles. The number of carbonyl (C=O) groups excluding carboxylic acids is 1. The fourth-order valence-electron chi connectivity index (χ4n) is 2.59. The highest BCUT2D eigenvalue weighted by atomic mass is 32.2. The van der Waals surface area contributed by atoms with Crippen molar-refractivity contribution >= 4 is 15.9 Å². The summed E-state index contributed by atoms with van der Waals surface area (Å²) in [5.41, 5.74) is 1.21.